The Bertz CT molecular complexity index is 615. The SMILES string of the molecule is CCOc1ccccc1N1CCN(C(=S)N[C@@H]2C[C@@H]3CC[C@@H]2C3)CC1. The summed E-state index contributed by atoms with van der Waals surface area (Å²) >= 11 is 5.72. The maximum absolute atomic E-state index is 5.79. The van der Waals surface area contributed by atoms with Crippen molar-refractivity contribution in [3.63, 3.8) is 0 Å². The van der Waals surface area contributed by atoms with E-state index in [1.165, 1.54) is 31.4 Å². The molecule has 1 aliphatic heterocycles. The van der Waals surface area contributed by atoms with Gasteiger partial charge in [0.05, 0.1) is 12.3 Å². The molecule has 1 aromatic rings. The number of fused-ring (bicyclic) bond motifs is 2. The van der Waals surface area contributed by atoms with Crippen molar-refractivity contribution >= 4 is 23.0 Å². The summed E-state index contributed by atoms with van der Waals surface area (Å²) in [6, 6.07) is 8.98. The minimum atomic E-state index is 0.628. The van der Waals surface area contributed by atoms with Crippen LogP contribution >= 0.6 is 12.2 Å². The molecule has 1 saturated heterocycles. The molecule has 5 heteroatoms. The third-order valence-corrected chi connectivity index (χ3v) is 6.50. The number of nitrogens with zero attached hydrogens (tertiary/aromatic N) is 2. The van der Waals surface area contributed by atoms with Crippen molar-refractivity contribution < 1.29 is 4.74 Å². The normalized spacial score (nSPS) is 28.3. The van der Waals surface area contributed by atoms with Crippen molar-refractivity contribution in [1.82, 2.24) is 10.2 Å². The summed E-state index contributed by atoms with van der Waals surface area (Å²) in [5.41, 5.74) is 1.20. The molecule has 0 radical (unpaired) electrons. The zero-order valence-electron chi connectivity index (χ0n) is 15.1. The lowest BCUT2D eigenvalue weighted by molar-refractivity contribution is 0.331. The van der Waals surface area contributed by atoms with Crippen LogP contribution < -0.4 is 15.0 Å². The summed E-state index contributed by atoms with van der Waals surface area (Å²) in [6.07, 6.45) is 5.58. The van der Waals surface area contributed by atoms with Crippen molar-refractivity contribution in [3.05, 3.63) is 24.3 Å². The Morgan fingerprint density at radius 3 is 2.64 bits per heavy atom. The lowest BCUT2D eigenvalue weighted by atomic mass is 9.95. The zero-order valence-corrected chi connectivity index (χ0v) is 15.9. The Balaban J connectivity index is 1.31. The molecule has 1 N–H and O–H groups in total. The molecule has 2 saturated carbocycles. The van der Waals surface area contributed by atoms with Crippen molar-refractivity contribution in [2.24, 2.45) is 11.8 Å². The van der Waals surface area contributed by atoms with Gasteiger partial charge in [0.1, 0.15) is 5.75 Å². The first-order chi connectivity index (χ1) is 12.2. The lowest BCUT2D eigenvalue weighted by Crippen LogP contribution is -2.54. The number of para-hydroxylation sites is 2. The fourth-order valence-electron chi connectivity index (χ4n) is 4.82. The summed E-state index contributed by atoms with van der Waals surface area (Å²) in [4.78, 5) is 4.77. The van der Waals surface area contributed by atoms with Crippen LogP contribution in [0.3, 0.4) is 0 Å². The van der Waals surface area contributed by atoms with Crippen molar-refractivity contribution in [3.8, 4) is 5.75 Å². The number of rotatable bonds is 4. The maximum Gasteiger partial charge on any atom is 0.169 e. The average molecular weight is 360 g/mol. The smallest absolute Gasteiger partial charge is 0.169 e. The topological polar surface area (TPSA) is 27.7 Å². The van der Waals surface area contributed by atoms with E-state index in [1.807, 2.05) is 13.0 Å². The molecule has 3 fully saturated rings. The summed E-state index contributed by atoms with van der Waals surface area (Å²) < 4.78 is 5.79. The van der Waals surface area contributed by atoms with Gasteiger partial charge in [0.25, 0.3) is 0 Å². The first-order valence-corrected chi connectivity index (χ1v) is 10.2. The van der Waals surface area contributed by atoms with Crippen LogP contribution in [-0.2, 0) is 0 Å². The summed E-state index contributed by atoms with van der Waals surface area (Å²) in [6.45, 7) is 6.68. The second kappa shape index (κ2) is 7.40. The summed E-state index contributed by atoms with van der Waals surface area (Å²) in [5.74, 6) is 2.81. The van der Waals surface area contributed by atoms with Gasteiger partial charge < -0.3 is 19.9 Å². The minimum absolute atomic E-state index is 0.628. The van der Waals surface area contributed by atoms with Crippen molar-refractivity contribution in [1.29, 1.82) is 0 Å². The van der Waals surface area contributed by atoms with Crippen molar-refractivity contribution in [2.75, 3.05) is 37.7 Å². The standard InChI is InChI=1S/C20H29N3OS/c1-2-24-19-6-4-3-5-18(19)22-9-11-23(12-10-22)20(25)21-17-14-15-7-8-16(17)13-15/h3-6,15-17H,2,7-14H2,1H3,(H,21,25)/t15-,16-,17-/m1/s1. The molecular weight excluding hydrogens is 330 g/mol. The second-order valence-corrected chi connectivity index (χ2v) is 7.99. The van der Waals surface area contributed by atoms with Gasteiger partial charge in [0.15, 0.2) is 5.11 Å². The van der Waals surface area contributed by atoms with Gasteiger partial charge >= 0.3 is 0 Å². The summed E-state index contributed by atoms with van der Waals surface area (Å²) in [7, 11) is 0. The van der Waals surface area contributed by atoms with Gasteiger partial charge in [0.2, 0.25) is 0 Å². The Morgan fingerprint density at radius 2 is 1.96 bits per heavy atom. The van der Waals surface area contributed by atoms with E-state index >= 15 is 0 Å². The number of ether oxygens (including phenoxy) is 1. The molecule has 0 spiro atoms. The highest BCUT2D eigenvalue weighted by Crippen LogP contribution is 2.44. The van der Waals surface area contributed by atoms with Crippen molar-refractivity contribution in [2.45, 2.75) is 38.6 Å². The van der Waals surface area contributed by atoms with Crippen LogP contribution in [0.4, 0.5) is 5.69 Å². The molecule has 25 heavy (non-hydrogen) atoms. The van der Waals surface area contributed by atoms with E-state index in [4.69, 9.17) is 17.0 Å². The second-order valence-electron chi connectivity index (χ2n) is 7.61. The molecular formula is C20H29N3OS. The van der Waals surface area contributed by atoms with E-state index in [0.29, 0.717) is 12.6 Å². The molecule has 3 aliphatic rings. The highest BCUT2D eigenvalue weighted by atomic mass is 32.1. The van der Waals surface area contributed by atoms with Gasteiger partial charge in [-0.05, 0) is 62.4 Å². The molecule has 0 amide bonds. The molecule has 136 valence electrons. The average Bonchev–Trinajstić information content (AvgIpc) is 3.26. The Morgan fingerprint density at radius 1 is 1.16 bits per heavy atom. The van der Waals surface area contributed by atoms with Gasteiger partial charge in [-0.3, -0.25) is 0 Å². The number of thiocarbonyl (C=S) groups is 1. The monoisotopic (exact) mass is 359 g/mol. The number of hydrogen-bond acceptors (Lipinski definition) is 3. The van der Waals surface area contributed by atoms with E-state index < -0.39 is 0 Å². The van der Waals surface area contributed by atoms with Crippen LogP contribution in [0.5, 0.6) is 5.75 Å². The highest BCUT2D eigenvalue weighted by Gasteiger charge is 2.40. The van der Waals surface area contributed by atoms with E-state index in [1.54, 1.807) is 0 Å². The van der Waals surface area contributed by atoms with Crippen LogP contribution in [-0.4, -0.2) is 48.8 Å². The number of nitrogens with one attached hydrogen (secondary N) is 1. The highest BCUT2D eigenvalue weighted by molar-refractivity contribution is 7.80. The molecule has 1 heterocycles. The van der Waals surface area contributed by atoms with E-state index in [-0.39, 0.29) is 0 Å². The summed E-state index contributed by atoms with van der Waals surface area (Å²) in [5, 5.41) is 4.65. The van der Waals surface area contributed by atoms with Crippen LogP contribution in [0.2, 0.25) is 0 Å². The number of benzene rings is 1. The van der Waals surface area contributed by atoms with Gasteiger partial charge in [-0.25, -0.2) is 0 Å². The maximum atomic E-state index is 5.79. The molecule has 4 rings (SSSR count). The quantitative estimate of drug-likeness (QED) is 0.833. The third kappa shape index (κ3) is 3.57. The van der Waals surface area contributed by atoms with E-state index in [9.17, 15) is 0 Å². The molecule has 2 aliphatic carbocycles. The van der Waals surface area contributed by atoms with Gasteiger partial charge in [-0.1, -0.05) is 18.6 Å². The largest absolute Gasteiger partial charge is 0.492 e. The first kappa shape index (κ1) is 17.0. The predicted octanol–water partition coefficient (Wildman–Crippen LogP) is 3.27. The first-order valence-electron chi connectivity index (χ1n) is 9.77. The van der Waals surface area contributed by atoms with Crippen LogP contribution in [0, 0.1) is 11.8 Å². The number of anilines is 1. The minimum Gasteiger partial charge on any atom is -0.492 e. The number of piperazine rings is 1. The van der Waals surface area contributed by atoms with E-state index in [0.717, 1.165) is 48.9 Å². The van der Waals surface area contributed by atoms with Gasteiger partial charge in [0, 0.05) is 32.2 Å². The van der Waals surface area contributed by atoms with Gasteiger partial charge in [-0.2, -0.15) is 0 Å². The predicted molar refractivity (Wildman–Crippen MR) is 106 cm³/mol. The Hall–Kier alpha value is -1.49. The Kier molecular flexibility index (Phi) is 5.02. The molecule has 3 atom stereocenters. The molecule has 0 aromatic heterocycles. The zero-order chi connectivity index (χ0) is 17.2. The molecule has 0 unspecified atom stereocenters. The van der Waals surface area contributed by atoms with Crippen LogP contribution in [0.1, 0.15) is 32.6 Å². The number of hydrogen-bond donors (Lipinski definition) is 1. The molecule has 4 nitrogen and oxygen atoms in total. The van der Waals surface area contributed by atoms with E-state index in [2.05, 4.69) is 33.3 Å². The Labute approximate surface area is 156 Å². The van der Waals surface area contributed by atoms with Crippen LogP contribution in [0.15, 0.2) is 24.3 Å². The molecule has 2 bridgehead atoms. The third-order valence-electron chi connectivity index (χ3n) is 6.12. The van der Waals surface area contributed by atoms with Gasteiger partial charge in [-0.15, -0.1) is 0 Å². The molecule has 1 aromatic carbocycles. The fourth-order valence-corrected chi connectivity index (χ4v) is 5.15. The fraction of sp³-hybridized carbons (Fsp3) is 0.650. The van der Waals surface area contributed by atoms with Crippen LogP contribution in [0.25, 0.3) is 0 Å². The lowest BCUT2D eigenvalue weighted by Gasteiger charge is -2.39.